The van der Waals surface area contributed by atoms with Gasteiger partial charge < -0.3 is 14.2 Å². The molecule has 0 fully saturated rings. The van der Waals surface area contributed by atoms with Crippen molar-refractivity contribution >= 4 is 38.8 Å². The minimum Gasteiger partial charge on any atom is -0.497 e. The summed E-state index contributed by atoms with van der Waals surface area (Å²) in [6.45, 7) is 1.47. The van der Waals surface area contributed by atoms with Crippen molar-refractivity contribution < 1.29 is 32.2 Å². The van der Waals surface area contributed by atoms with Crippen LogP contribution in [0.5, 0.6) is 11.5 Å². The fraction of sp³-hybridized carbons (Fsp3) is 0.182. The molecule has 0 aliphatic rings. The summed E-state index contributed by atoms with van der Waals surface area (Å²) in [6, 6.07) is 13.6. The SMILES string of the molecule is COc1ccc(C(=O)C(C)OC(=O)c2ccc(NS(=O)(=O)c3cccs3)cc2)c(OC)c1. The highest BCUT2D eigenvalue weighted by molar-refractivity contribution is 7.94. The van der Waals surface area contributed by atoms with Crippen LogP contribution >= 0.6 is 11.3 Å². The van der Waals surface area contributed by atoms with Crippen molar-refractivity contribution in [3.05, 3.63) is 71.1 Å². The van der Waals surface area contributed by atoms with E-state index in [0.717, 1.165) is 11.3 Å². The maximum absolute atomic E-state index is 12.7. The second kappa shape index (κ2) is 9.84. The van der Waals surface area contributed by atoms with Gasteiger partial charge in [0.25, 0.3) is 10.0 Å². The molecule has 0 aliphatic carbocycles. The quantitative estimate of drug-likeness (QED) is 0.368. The molecule has 0 bridgehead atoms. The van der Waals surface area contributed by atoms with Gasteiger partial charge >= 0.3 is 5.97 Å². The predicted molar refractivity (Wildman–Crippen MR) is 120 cm³/mol. The number of carbonyl (C=O) groups excluding carboxylic acids is 2. The molecule has 0 saturated heterocycles. The van der Waals surface area contributed by atoms with Gasteiger partial charge in [-0.2, -0.15) is 0 Å². The number of esters is 1. The van der Waals surface area contributed by atoms with E-state index in [2.05, 4.69) is 4.72 Å². The third kappa shape index (κ3) is 5.27. The zero-order valence-electron chi connectivity index (χ0n) is 17.5. The van der Waals surface area contributed by atoms with Gasteiger partial charge in [-0.3, -0.25) is 9.52 Å². The lowest BCUT2D eigenvalue weighted by Gasteiger charge is -2.15. The van der Waals surface area contributed by atoms with Crippen LogP contribution in [-0.2, 0) is 14.8 Å². The van der Waals surface area contributed by atoms with Crippen molar-refractivity contribution in [3.63, 3.8) is 0 Å². The van der Waals surface area contributed by atoms with Crippen LogP contribution in [0, 0.1) is 0 Å². The lowest BCUT2D eigenvalue weighted by molar-refractivity contribution is 0.0317. The fourth-order valence-corrected chi connectivity index (χ4v) is 4.85. The van der Waals surface area contributed by atoms with Crippen molar-refractivity contribution in [2.75, 3.05) is 18.9 Å². The summed E-state index contributed by atoms with van der Waals surface area (Å²) in [5, 5.41) is 1.66. The second-order valence-electron chi connectivity index (χ2n) is 6.59. The Morgan fingerprint density at radius 2 is 1.72 bits per heavy atom. The van der Waals surface area contributed by atoms with E-state index in [1.807, 2.05) is 0 Å². The highest BCUT2D eigenvalue weighted by Crippen LogP contribution is 2.26. The maximum atomic E-state index is 12.7. The molecule has 0 saturated carbocycles. The molecule has 168 valence electrons. The predicted octanol–water partition coefficient (Wildman–Crippen LogP) is 3.99. The third-order valence-corrected chi connectivity index (χ3v) is 7.24. The van der Waals surface area contributed by atoms with Gasteiger partial charge in [0, 0.05) is 11.8 Å². The molecule has 0 aliphatic heterocycles. The van der Waals surface area contributed by atoms with Crippen molar-refractivity contribution in [1.29, 1.82) is 0 Å². The first kappa shape index (κ1) is 23.3. The number of carbonyl (C=O) groups is 2. The van der Waals surface area contributed by atoms with Gasteiger partial charge in [0.2, 0.25) is 5.78 Å². The Morgan fingerprint density at radius 1 is 1.00 bits per heavy atom. The number of ketones is 1. The van der Waals surface area contributed by atoms with Gasteiger partial charge in [0.05, 0.1) is 25.3 Å². The van der Waals surface area contributed by atoms with E-state index < -0.39 is 27.9 Å². The average Bonchev–Trinajstić information content (AvgIpc) is 3.34. The monoisotopic (exact) mass is 475 g/mol. The lowest BCUT2D eigenvalue weighted by atomic mass is 10.1. The van der Waals surface area contributed by atoms with Crippen molar-refractivity contribution in [1.82, 2.24) is 0 Å². The van der Waals surface area contributed by atoms with E-state index in [1.165, 1.54) is 51.5 Å². The molecule has 0 amide bonds. The molecule has 0 spiro atoms. The number of thiophene rings is 1. The number of benzene rings is 2. The van der Waals surface area contributed by atoms with Crippen LogP contribution in [0.4, 0.5) is 5.69 Å². The first-order valence-electron chi connectivity index (χ1n) is 9.38. The van der Waals surface area contributed by atoms with Gasteiger partial charge in [-0.1, -0.05) is 6.07 Å². The number of methoxy groups -OCH3 is 2. The molecule has 1 unspecified atom stereocenters. The standard InChI is InChI=1S/C22H21NO7S2/c1-14(21(24)18-11-10-17(28-2)13-19(18)29-3)30-22(25)15-6-8-16(9-7-15)23-32(26,27)20-5-4-12-31-20/h4-14,23H,1-3H3. The molecule has 1 N–H and O–H groups in total. The first-order chi connectivity index (χ1) is 15.2. The third-order valence-electron chi connectivity index (χ3n) is 4.46. The topological polar surface area (TPSA) is 108 Å². The smallest absolute Gasteiger partial charge is 0.338 e. The summed E-state index contributed by atoms with van der Waals surface area (Å²) in [6.07, 6.45) is -1.07. The number of rotatable bonds is 9. The van der Waals surface area contributed by atoms with E-state index >= 15 is 0 Å². The van der Waals surface area contributed by atoms with Gasteiger partial charge in [0.1, 0.15) is 15.7 Å². The van der Waals surface area contributed by atoms with Crippen LogP contribution in [0.1, 0.15) is 27.6 Å². The molecular weight excluding hydrogens is 454 g/mol. The molecule has 8 nitrogen and oxygen atoms in total. The Hall–Kier alpha value is -3.37. The van der Waals surface area contributed by atoms with Crippen molar-refractivity contribution in [2.45, 2.75) is 17.2 Å². The van der Waals surface area contributed by atoms with Crippen LogP contribution in [0.2, 0.25) is 0 Å². The zero-order valence-corrected chi connectivity index (χ0v) is 19.2. The second-order valence-corrected chi connectivity index (χ2v) is 9.45. The molecular formula is C22H21NO7S2. The number of nitrogens with one attached hydrogen (secondary N) is 1. The Morgan fingerprint density at radius 3 is 2.31 bits per heavy atom. The molecule has 1 atom stereocenters. The number of hydrogen-bond acceptors (Lipinski definition) is 8. The molecule has 10 heteroatoms. The summed E-state index contributed by atoms with van der Waals surface area (Å²) in [5.41, 5.74) is 0.722. The molecule has 2 aromatic carbocycles. The highest BCUT2D eigenvalue weighted by Gasteiger charge is 2.24. The lowest BCUT2D eigenvalue weighted by Crippen LogP contribution is -2.25. The van der Waals surface area contributed by atoms with Gasteiger partial charge in [-0.15, -0.1) is 11.3 Å². The number of Topliss-reactive ketones (excluding diaryl/α,β-unsaturated/α-hetero) is 1. The van der Waals surface area contributed by atoms with Crippen LogP contribution in [0.3, 0.4) is 0 Å². The Kier molecular flexibility index (Phi) is 7.16. The van der Waals surface area contributed by atoms with Gasteiger partial charge in [-0.05, 0) is 54.8 Å². The molecule has 3 rings (SSSR count). The number of sulfonamides is 1. The molecule has 3 aromatic rings. The largest absolute Gasteiger partial charge is 0.497 e. The van der Waals surface area contributed by atoms with Crippen LogP contribution < -0.4 is 14.2 Å². The van der Waals surface area contributed by atoms with E-state index in [0.29, 0.717) is 17.2 Å². The Balaban J connectivity index is 1.67. The Bertz CT molecular complexity index is 1200. The minimum atomic E-state index is -3.69. The van der Waals surface area contributed by atoms with E-state index in [4.69, 9.17) is 14.2 Å². The summed E-state index contributed by atoms with van der Waals surface area (Å²) in [5.74, 6) is -0.318. The molecule has 1 aromatic heterocycles. The summed E-state index contributed by atoms with van der Waals surface area (Å²) < 4.78 is 42.8. The Labute approximate surface area is 189 Å². The highest BCUT2D eigenvalue weighted by atomic mass is 32.2. The summed E-state index contributed by atoms with van der Waals surface area (Å²) in [4.78, 5) is 25.2. The normalized spacial score (nSPS) is 12.0. The number of ether oxygens (including phenoxy) is 3. The fourth-order valence-electron chi connectivity index (χ4n) is 2.80. The molecule has 32 heavy (non-hydrogen) atoms. The van der Waals surface area contributed by atoms with E-state index in [-0.39, 0.29) is 15.3 Å². The van der Waals surface area contributed by atoms with Crippen molar-refractivity contribution in [3.8, 4) is 11.5 Å². The van der Waals surface area contributed by atoms with Gasteiger partial charge in [-0.25, -0.2) is 13.2 Å². The number of hydrogen-bond donors (Lipinski definition) is 1. The summed E-state index contributed by atoms with van der Waals surface area (Å²) >= 11 is 1.10. The van der Waals surface area contributed by atoms with Crippen LogP contribution in [-0.4, -0.2) is 40.5 Å². The minimum absolute atomic E-state index is 0.172. The zero-order chi connectivity index (χ0) is 23.3. The van der Waals surface area contributed by atoms with Gasteiger partial charge in [0.15, 0.2) is 6.10 Å². The first-order valence-corrected chi connectivity index (χ1v) is 11.7. The average molecular weight is 476 g/mol. The molecule has 1 heterocycles. The van der Waals surface area contributed by atoms with Crippen LogP contribution in [0.15, 0.2) is 64.2 Å². The van der Waals surface area contributed by atoms with Crippen LogP contribution in [0.25, 0.3) is 0 Å². The number of anilines is 1. The molecule has 0 radical (unpaired) electrons. The van der Waals surface area contributed by atoms with E-state index in [1.54, 1.807) is 29.6 Å². The summed E-state index contributed by atoms with van der Waals surface area (Å²) in [7, 11) is -0.763. The van der Waals surface area contributed by atoms with E-state index in [9.17, 15) is 18.0 Å². The van der Waals surface area contributed by atoms with Crippen molar-refractivity contribution in [2.24, 2.45) is 0 Å². The maximum Gasteiger partial charge on any atom is 0.338 e.